The summed E-state index contributed by atoms with van der Waals surface area (Å²) in [6.07, 6.45) is 12.7. The number of likely N-dealkylation sites (tertiary alicyclic amines) is 1. The molecule has 2 aliphatic rings. The van der Waals surface area contributed by atoms with Gasteiger partial charge in [0.2, 0.25) is 0 Å². The van der Waals surface area contributed by atoms with E-state index in [-0.39, 0.29) is 0 Å². The second kappa shape index (κ2) is 6.48. The van der Waals surface area contributed by atoms with Crippen molar-refractivity contribution >= 4 is 0 Å². The lowest BCUT2D eigenvalue weighted by Crippen LogP contribution is -2.35. The molecule has 2 aromatic heterocycles. The van der Waals surface area contributed by atoms with Crippen LogP contribution in [0.3, 0.4) is 0 Å². The number of piperidine rings is 1. The summed E-state index contributed by atoms with van der Waals surface area (Å²) in [7, 11) is 0. The summed E-state index contributed by atoms with van der Waals surface area (Å²) in [5.74, 6) is 1.94. The van der Waals surface area contributed by atoms with Crippen LogP contribution in [-0.4, -0.2) is 37.3 Å². The first-order chi connectivity index (χ1) is 11.3. The fraction of sp³-hybridized carbons (Fsp3) is 0.667. The standard InChI is InChI=1S/C18H27N5/c1-2-22-13-15(10-20-22)12-21-8-5-6-16(14-21)18-19-11-17-7-3-4-9-23(17)18/h10-11,13,16H,2-9,12,14H2,1H3/t16-/m0/s1. The zero-order chi connectivity index (χ0) is 15.6. The zero-order valence-electron chi connectivity index (χ0n) is 14.1. The van der Waals surface area contributed by atoms with E-state index < -0.39 is 0 Å². The lowest BCUT2D eigenvalue weighted by molar-refractivity contribution is 0.194. The van der Waals surface area contributed by atoms with Gasteiger partial charge in [0.25, 0.3) is 0 Å². The molecule has 0 bridgehead atoms. The van der Waals surface area contributed by atoms with Crippen molar-refractivity contribution in [2.24, 2.45) is 0 Å². The molecular formula is C18H27N5. The zero-order valence-corrected chi connectivity index (χ0v) is 14.1. The number of hydrogen-bond donors (Lipinski definition) is 0. The van der Waals surface area contributed by atoms with Gasteiger partial charge in [-0.15, -0.1) is 0 Å². The summed E-state index contributed by atoms with van der Waals surface area (Å²) in [5.41, 5.74) is 2.78. The number of hydrogen-bond acceptors (Lipinski definition) is 3. The normalized spacial score (nSPS) is 22.2. The van der Waals surface area contributed by atoms with Crippen LogP contribution >= 0.6 is 0 Å². The Morgan fingerprint density at radius 2 is 2.13 bits per heavy atom. The minimum Gasteiger partial charge on any atom is -0.332 e. The van der Waals surface area contributed by atoms with Gasteiger partial charge in [0.05, 0.1) is 6.20 Å². The van der Waals surface area contributed by atoms with Gasteiger partial charge in [-0.25, -0.2) is 4.98 Å². The predicted octanol–water partition coefficient (Wildman–Crippen LogP) is 2.82. The third-order valence-electron chi connectivity index (χ3n) is 5.32. The summed E-state index contributed by atoms with van der Waals surface area (Å²) in [5, 5.41) is 4.40. The van der Waals surface area contributed by atoms with E-state index in [4.69, 9.17) is 4.98 Å². The minimum absolute atomic E-state index is 0.594. The van der Waals surface area contributed by atoms with Gasteiger partial charge in [-0.05, 0) is 45.6 Å². The van der Waals surface area contributed by atoms with Crippen molar-refractivity contribution in [3.8, 4) is 0 Å². The van der Waals surface area contributed by atoms with E-state index in [0.717, 1.165) is 19.6 Å². The molecule has 1 atom stereocenters. The van der Waals surface area contributed by atoms with E-state index in [9.17, 15) is 0 Å². The van der Waals surface area contributed by atoms with Crippen molar-refractivity contribution in [3.05, 3.63) is 35.7 Å². The van der Waals surface area contributed by atoms with Crippen molar-refractivity contribution in [1.82, 2.24) is 24.2 Å². The second-order valence-corrected chi connectivity index (χ2v) is 7.00. The average Bonchev–Trinajstić information content (AvgIpc) is 3.21. The van der Waals surface area contributed by atoms with Crippen LogP contribution in [0.15, 0.2) is 18.6 Å². The van der Waals surface area contributed by atoms with E-state index in [1.807, 2.05) is 10.9 Å². The molecule has 2 aliphatic heterocycles. The van der Waals surface area contributed by atoms with Crippen LogP contribution in [0.1, 0.15) is 55.6 Å². The molecule has 1 fully saturated rings. The number of nitrogens with zero attached hydrogens (tertiary/aromatic N) is 5. The maximum absolute atomic E-state index is 4.80. The quantitative estimate of drug-likeness (QED) is 0.871. The van der Waals surface area contributed by atoms with Gasteiger partial charge in [0.15, 0.2) is 0 Å². The number of rotatable bonds is 4. The molecule has 0 aliphatic carbocycles. The molecular weight excluding hydrogens is 286 g/mol. The Morgan fingerprint density at radius 1 is 1.17 bits per heavy atom. The molecule has 124 valence electrons. The molecule has 23 heavy (non-hydrogen) atoms. The molecule has 0 spiro atoms. The number of aromatic nitrogens is 4. The van der Waals surface area contributed by atoms with E-state index in [0.29, 0.717) is 5.92 Å². The first-order valence-electron chi connectivity index (χ1n) is 9.11. The van der Waals surface area contributed by atoms with Gasteiger partial charge in [0, 0.05) is 55.7 Å². The summed E-state index contributed by atoms with van der Waals surface area (Å²) < 4.78 is 4.52. The van der Waals surface area contributed by atoms with Crippen LogP contribution in [-0.2, 0) is 26.1 Å². The topological polar surface area (TPSA) is 38.9 Å². The molecule has 0 aromatic carbocycles. The van der Waals surface area contributed by atoms with Crippen LogP contribution < -0.4 is 0 Å². The van der Waals surface area contributed by atoms with Crippen LogP contribution in [0.5, 0.6) is 0 Å². The highest BCUT2D eigenvalue weighted by Gasteiger charge is 2.26. The Labute approximate surface area is 138 Å². The van der Waals surface area contributed by atoms with E-state index in [2.05, 4.69) is 33.9 Å². The van der Waals surface area contributed by atoms with E-state index in [1.165, 1.54) is 62.3 Å². The molecule has 5 nitrogen and oxygen atoms in total. The fourth-order valence-corrected chi connectivity index (χ4v) is 4.12. The largest absolute Gasteiger partial charge is 0.332 e. The molecule has 2 aromatic rings. The molecule has 4 heterocycles. The Hall–Kier alpha value is -1.62. The summed E-state index contributed by atoms with van der Waals surface area (Å²) in [4.78, 5) is 7.38. The molecule has 5 heteroatoms. The van der Waals surface area contributed by atoms with Crippen molar-refractivity contribution in [2.45, 2.75) is 64.6 Å². The number of imidazole rings is 1. The van der Waals surface area contributed by atoms with Gasteiger partial charge < -0.3 is 4.57 Å². The number of aryl methyl sites for hydroxylation is 2. The SMILES string of the molecule is CCn1cc(CN2CCC[C@H](c3ncc4n3CCCC4)C2)cn1. The first-order valence-corrected chi connectivity index (χ1v) is 9.11. The van der Waals surface area contributed by atoms with Gasteiger partial charge in [0.1, 0.15) is 5.82 Å². The Bertz CT molecular complexity index is 656. The molecule has 0 saturated carbocycles. The molecule has 0 unspecified atom stereocenters. The first kappa shape index (κ1) is 14.9. The lowest BCUT2D eigenvalue weighted by Gasteiger charge is -2.33. The van der Waals surface area contributed by atoms with Gasteiger partial charge >= 0.3 is 0 Å². The van der Waals surface area contributed by atoms with Crippen LogP contribution in [0.2, 0.25) is 0 Å². The summed E-state index contributed by atoms with van der Waals surface area (Å²) in [6.45, 7) is 7.60. The van der Waals surface area contributed by atoms with Crippen molar-refractivity contribution in [2.75, 3.05) is 13.1 Å². The highest BCUT2D eigenvalue weighted by molar-refractivity contribution is 5.13. The minimum atomic E-state index is 0.594. The van der Waals surface area contributed by atoms with Crippen LogP contribution in [0.4, 0.5) is 0 Å². The van der Waals surface area contributed by atoms with Gasteiger partial charge in [-0.2, -0.15) is 5.10 Å². The van der Waals surface area contributed by atoms with Gasteiger partial charge in [-0.1, -0.05) is 0 Å². The highest BCUT2D eigenvalue weighted by atomic mass is 15.3. The molecule has 4 rings (SSSR count). The fourth-order valence-electron chi connectivity index (χ4n) is 4.12. The third-order valence-corrected chi connectivity index (χ3v) is 5.32. The Morgan fingerprint density at radius 3 is 3.00 bits per heavy atom. The lowest BCUT2D eigenvalue weighted by atomic mass is 9.96. The van der Waals surface area contributed by atoms with E-state index >= 15 is 0 Å². The summed E-state index contributed by atoms with van der Waals surface area (Å²) in [6, 6.07) is 0. The Kier molecular flexibility index (Phi) is 4.21. The molecule has 0 amide bonds. The molecule has 0 radical (unpaired) electrons. The number of fused-ring (bicyclic) bond motifs is 1. The third kappa shape index (κ3) is 3.07. The van der Waals surface area contributed by atoms with Crippen molar-refractivity contribution < 1.29 is 0 Å². The van der Waals surface area contributed by atoms with Crippen LogP contribution in [0, 0.1) is 0 Å². The smallest absolute Gasteiger partial charge is 0.113 e. The molecule has 1 saturated heterocycles. The summed E-state index contributed by atoms with van der Waals surface area (Å²) >= 11 is 0. The Balaban J connectivity index is 1.45. The average molecular weight is 313 g/mol. The van der Waals surface area contributed by atoms with Crippen LogP contribution in [0.25, 0.3) is 0 Å². The van der Waals surface area contributed by atoms with Crippen molar-refractivity contribution in [3.63, 3.8) is 0 Å². The van der Waals surface area contributed by atoms with Crippen molar-refractivity contribution in [1.29, 1.82) is 0 Å². The predicted molar refractivity (Wildman–Crippen MR) is 90.3 cm³/mol. The van der Waals surface area contributed by atoms with E-state index in [1.54, 1.807) is 0 Å². The maximum Gasteiger partial charge on any atom is 0.113 e. The van der Waals surface area contributed by atoms with Gasteiger partial charge in [-0.3, -0.25) is 9.58 Å². The highest BCUT2D eigenvalue weighted by Crippen LogP contribution is 2.29. The monoisotopic (exact) mass is 313 g/mol. The molecule has 0 N–H and O–H groups in total. The maximum atomic E-state index is 4.80. The second-order valence-electron chi connectivity index (χ2n) is 7.00.